The molecule has 2 aromatic heterocycles. The summed E-state index contributed by atoms with van der Waals surface area (Å²) in [7, 11) is 1.54. The van der Waals surface area contributed by atoms with Gasteiger partial charge in [-0.15, -0.1) is 5.10 Å². The number of esters is 1. The molecule has 174 valence electrons. The van der Waals surface area contributed by atoms with Crippen LogP contribution >= 0.6 is 0 Å². The summed E-state index contributed by atoms with van der Waals surface area (Å²) in [5.41, 5.74) is 0.293. The summed E-state index contributed by atoms with van der Waals surface area (Å²) in [5, 5.41) is 6.87. The molecule has 0 atom stereocenters. The maximum atomic E-state index is 12.8. The molecular weight excluding hydrogens is 442 g/mol. The summed E-state index contributed by atoms with van der Waals surface area (Å²) in [6.07, 6.45) is 2.83. The van der Waals surface area contributed by atoms with Crippen LogP contribution in [0.3, 0.4) is 0 Å². The molecule has 0 bridgehead atoms. The van der Waals surface area contributed by atoms with E-state index in [1.165, 1.54) is 30.0 Å². The Morgan fingerprint density at radius 1 is 1.09 bits per heavy atom. The molecule has 0 aliphatic heterocycles. The number of fused-ring (bicyclic) bond motifs is 1. The van der Waals surface area contributed by atoms with Crippen LogP contribution in [0.25, 0.3) is 5.65 Å². The number of ether oxygens (including phenoxy) is 3. The van der Waals surface area contributed by atoms with Crippen molar-refractivity contribution in [3.8, 4) is 17.4 Å². The Balaban J connectivity index is 1.54. The number of carbonyl (C=O) groups is 2. The summed E-state index contributed by atoms with van der Waals surface area (Å²) < 4.78 is 18.2. The minimum atomic E-state index is -0.539. The zero-order chi connectivity index (χ0) is 24.1. The third-order valence-electron chi connectivity index (χ3n) is 4.68. The molecule has 0 spiro atoms. The lowest BCUT2D eigenvalue weighted by atomic mass is 10.2. The molecule has 4 rings (SSSR count). The summed E-state index contributed by atoms with van der Waals surface area (Å²) in [5.74, 6) is 0.132. The lowest BCUT2D eigenvalue weighted by molar-refractivity contribution is -0.117. The average molecular weight is 463 g/mol. The molecule has 2 heterocycles. The van der Waals surface area contributed by atoms with Gasteiger partial charge in [0.25, 0.3) is 5.88 Å². The fraction of sp³-hybridized carbons (Fsp3) is 0.174. The van der Waals surface area contributed by atoms with E-state index < -0.39 is 17.6 Å². The SMILES string of the molecule is CCOC(=O)c1cccc(NC(=O)Cn2nc3c(Oc4cccc(OC)c4)nccn3c2=O)c1. The Kier molecular flexibility index (Phi) is 6.53. The van der Waals surface area contributed by atoms with E-state index in [0.29, 0.717) is 22.7 Å². The molecule has 0 saturated carbocycles. The first-order chi connectivity index (χ1) is 16.5. The molecule has 0 saturated heterocycles. The van der Waals surface area contributed by atoms with Gasteiger partial charge in [-0.05, 0) is 37.3 Å². The first-order valence-electron chi connectivity index (χ1n) is 10.3. The van der Waals surface area contributed by atoms with Crippen LogP contribution in [-0.2, 0) is 16.1 Å². The fourth-order valence-electron chi connectivity index (χ4n) is 3.15. The molecule has 1 amide bonds. The molecule has 2 aromatic carbocycles. The second-order valence-corrected chi connectivity index (χ2v) is 7.00. The molecule has 4 aromatic rings. The molecule has 0 aliphatic carbocycles. The Hall–Kier alpha value is -4.67. The van der Waals surface area contributed by atoms with Gasteiger partial charge in [0.2, 0.25) is 11.6 Å². The number of nitrogens with one attached hydrogen (secondary N) is 1. The van der Waals surface area contributed by atoms with E-state index in [1.807, 2.05) is 0 Å². The van der Waals surface area contributed by atoms with Crippen LogP contribution in [0.5, 0.6) is 17.4 Å². The number of nitrogens with zero attached hydrogens (tertiary/aromatic N) is 4. The highest BCUT2D eigenvalue weighted by molar-refractivity contribution is 5.94. The number of amides is 1. The Labute approximate surface area is 193 Å². The molecule has 0 radical (unpaired) electrons. The van der Waals surface area contributed by atoms with Crippen molar-refractivity contribution in [2.45, 2.75) is 13.5 Å². The molecule has 11 heteroatoms. The van der Waals surface area contributed by atoms with Gasteiger partial charge in [0.1, 0.15) is 18.0 Å². The standard InChI is InChI=1S/C23H21N5O6/c1-3-33-22(30)15-6-4-7-16(12-15)25-19(29)14-28-23(31)27-11-10-24-21(20(27)26-28)34-18-9-5-8-17(13-18)32-2/h4-13H,3,14H2,1-2H3,(H,25,29). The van der Waals surface area contributed by atoms with Crippen LogP contribution in [0.1, 0.15) is 17.3 Å². The van der Waals surface area contributed by atoms with E-state index in [-0.39, 0.29) is 24.7 Å². The number of aromatic nitrogens is 4. The third-order valence-corrected chi connectivity index (χ3v) is 4.68. The number of methoxy groups -OCH3 is 1. The third kappa shape index (κ3) is 4.88. The molecule has 34 heavy (non-hydrogen) atoms. The molecule has 0 aliphatic rings. The van der Waals surface area contributed by atoms with E-state index in [9.17, 15) is 14.4 Å². The maximum absolute atomic E-state index is 12.8. The summed E-state index contributed by atoms with van der Waals surface area (Å²) >= 11 is 0. The lowest BCUT2D eigenvalue weighted by Crippen LogP contribution is -2.28. The highest BCUT2D eigenvalue weighted by Crippen LogP contribution is 2.25. The topological polar surface area (TPSA) is 126 Å². The highest BCUT2D eigenvalue weighted by atomic mass is 16.5. The van der Waals surface area contributed by atoms with Crippen molar-refractivity contribution in [3.63, 3.8) is 0 Å². The predicted molar refractivity (Wildman–Crippen MR) is 121 cm³/mol. The summed E-state index contributed by atoms with van der Waals surface area (Å²) in [4.78, 5) is 41.4. The van der Waals surface area contributed by atoms with Crippen molar-refractivity contribution >= 4 is 23.2 Å². The number of anilines is 1. The van der Waals surface area contributed by atoms with Gasteiger partial charge in [-0.25, -0.2) is 23.7 Å². The summed E-state index contributed by atoms with van der Waals surface area (Å²) in [6.45, 7) is 1.59. The van der Waals surface area contributed by atoms with E-state index in [4.69, 9.17) is 14.2 Å². The second-order valence-electron chi connectivity index (χ2n) is 7.00. The quantitative estimate of drug-likeness (QED) is 0.395. The van der Waals surface area contributed by atoms with Crippen molar-refractivity contribution in [1.82, 2.24) is 19.2 Å². The number of hydrogen-bond donors (Lipinski definition) is 1. The van der Waals surface area contributed by atoms with Gasteiger partial charge in [-0.3, -0.25) is 4.79 Å². The van der Waals surface area contributed by atoms with Gasteiger partial charge >= 0.3 is 11.7 Å². The van der Waals surface area contributed by atoms with E-state index in [2.05, 4.69) is 15.4 Å². The van der Waals surface area contributed by atoms with Crippen LogP contribution < -0.4 is 20.5 Å². The van der Waals surface area contributed by atoms with Crippen molar-refractivity contribution in [2.24, 2.45) is 0 Å². The zero-order valence-electron chi connectivity index (χ0n) is 18.4. The number of carbonyl (C=O) groups excluding carboxylic acids is 2. The fourth-order valence-corrected chi connectivity index (χ4v) is 3.15. The number of hydrogen-bond acceptors (Lipinski definition) is 8. The van der Waals surface area contributed by atoms with Crippen molar-refractivity contribution in [1.29, 1.82) is 0 Å². The summed E-state index contributed by atoms with van der Waals surface area (Å²) in [6, 6.07) is 13.2. The van der Waals surface area contributed by atoms with Crippen LogP contribution in [0.2, 0.25) is 0 Å². The van der Waals surface area contributed by atoms with Gasteiger partial charge in [-0.1, -0.05) is 12.1 Å². The first kappa shape index (κ1) is 22.5. The maximum Gasteiger partial charge on any atom is 0.351 e. The van der Waals surface area contributed by atoms with E-state index in [1.54, 1.807) is 49.4 Å². The second kappa shape index (κ2) is 9.86. The normalized spacial score (nSPS) is 10.6. The molecule has 11 nitrogen and oxygen atoms in total. The minimum absolute atomic E-state index is 0.0918. The molecule has 0 fully saturated rings. The predicted octanol–water partition coefficient (Wildman–Crippen LogP) is 2.51. The molecule has 1 N–H and O–H groups in total. The number of benzene rings is 2. The lowest BCUT2D eigenvalue weighted by Gasteiger charge is -2.07. The Morgan fingerprint density at radius 3 is 2.68 bits per heavy atom. The van der Waals surface area contributed by atoms with Crippen molar-refractivity contribution in [2.75, 3.05) is 19.0 Å². The van der Waals surface area contributed by atoms with Crippen LogP contribution in [0.4, 0.5) is 5.69 Å². The Morgan fingerprint density at radius 2 is 1.88 bits per heavy atom. The molecular formula is C23H21N5O6. The van der Waals surface area contributed by atoms with Gasteiger partial charge in [0, 0.05) is 24.1 Å². The van der Waals surface area contributed by atoms with Gasteiger partial charge in [-0.2, -0.15) is 0 Å². The van der Waals surface area contributed by atoms with E-state index in [0.717, 1.165) is 4.68 Å². The van der Waals surface area contributed by atoms with Crippen LogP contribution in [0, 0.1) is 0 Å². The smallest absolute Gasteiger partial charge is 0.351 e. The Bertz CT molecular complexity index is 1410. The van der Waals surface area contributed by atoms with Gasteiger partial charge < -0.3 is 19.5 Å². The van der Waals surface area contributed by atoms with Gasteiger partial charge in [0.05, 0.1) is 19.3 Å². The van der Waals surface area contributed by atoms with Crippen LogP contribution in [0.15, 0.2) is 65.7 Å². The van der Waals surface area contributed by atoms with Crippen molar-refractivity contribution < 1.29 is 23.8 Å². The van der Waals surface area contributed by atoms with Crippen molar-refractivity contribution in [3.05, 3.63) is 77.0 Å². The van der Waals surface area contributed by atoms with Gasteiger partial charge in [0.15, 0.2) is 0 Å². The number of rotatable bonds is 8. The first-order valence-corrected chi connectivity index (χ1v) is 10.3. The zero-order valence-corrected chi connectivity index (χ0v) is 18.4. The van der Waals surface area contributed by atoms with Crippen LogP contribution in [-0.4, -0.2) is 44.8 Å². The monoisotopic (exact) mass is 463 g/mol. The molecule has 0 unspecified atom stereocenters. The van der Waals surface area contributed by atoms with E-state index >= 15 is 0 Å². The largest absolute Gasteiger partial charge is 0.497 e. The minimum Gasteiger partial charge on any atom is -0.497 e. The highest BCUT2D eigenvalue weighted by Gasteiger charge is 2.16. The average Bonchev–Trinajstić information content (AvgIpc) is 3.15.